The first-order valence-electron chi connectivity index (χ1n) is 8.57. The van der Waals surface area contributed by atoms with E-state index in [0.29, 0.717) is 30.3 Å². The smallest absolute Gasteiger partial charge is 0.262 e. The Morgan fingerprint density at radius 2 is 1.52 bits per heavy atom. The topological polar surface area (TPSA) is 84.9 Å². The fourth-order valence-corrected chi connectivity index (χ4v) is 3.90. The molecule has 7 nitrogen and oxygen atoms in total. The normalized spacial score (nSPS) is 11.3. The molecule has 0 aliphatic carbocycles. The van der Waals surface area contributed by atoms with Crippen LogP contribution in [0, 0.1) is 0 Å². The summed E-state index contributed by atoms with van der Waals surface area (Å²) >= 11 is 0. The molecule has 2 rings (SSSR count). The Balaban J connectivity index is 1.94. The van der Waals surface area contributed by atoms with Crippen molar-refractivity contribution in [3.63, 3.8) is 0 Å². The first kappa shape index (κ1) is 20.7. The van der Waals surface area contributed by atoms with Gasteiger partial charge in [-0.3, -0.25) is 4.79 Å². The summed E-state index contributed by atoms with van der Waals surface area (Å²) in [6, 6.07) is 13.0. The van der Waals surface area contributed by atoms with Crippen molar-refractivity contribution in [1.82, 2.24) is 4.31 Å². The van der Waals surface area contributed by atoms with Crippen molar-refractivity contribution in [3.8, 4) is 11.5 Å². The average Bonchev–Trinajstić information content (AvgIpc) is 2.68. The van der Waals surface area contributed by atoms with Crippen LogP contribution in [0.1, 0.15) is 13.8 Å². The third kappa shape index (κ3) is 5.45. The predicted octanol–water partition coefficient (Wildman–Crippen LogP) is 2.74. The monoisotopic (exact) mass is 392 g/mol. The zero-order chi connectivity index (χ0) is 19.9. The molecule has 1 N–H and O–H groups in total. The number of carbonyl (C=O) groups is 1. The molecular formula is C19H24N2O5S. The molecule has 0 aliphatic rings. The fraction of sp³-hybridized carbons (Fsp3) is 0.316. The van der Waals surface area contributed by atoms with E-state index in [9.17, 15) is 13.2 Å². The van der Waals surface area contributed by atoms with Crippen molar-refractivity contribution < 1.29 is 22.7 Å². The molecule has 0 heterocycles. The molecule has 0 aliphatic heterocycles. The molecule has 0 atom stereocenters. The van der Waals surface area contributed by atoms with Gasteiger partial charge in [-0.1, -0.05) is 13.8 Å². The number of hydrogen-bond acceptors (Lipinski definition) is 5. The van der Waals surface area contributed by atoms with Crippen molar-refractivity contribution in [2.75, 3.05) is 32.1 Å². The van der Waals surface area contributed by atoms with E-state index in [2.05, 4.69) is 5.32 Å². The third-order valence-corrected chi connectivity index (χ3v) is 5.97. The van der Waals surface area contributed by atoms with E-state index in [1.54, 1.807) is 57.4 Å². The number of anilines is 1. The number of sulfonamides is 1. The fourth-order valence-electron chi connectivity index (χ4n) is 2.44. The van der Waals surface area contributed by atoms with Gasteiger partial charge in [0.1, 0.15) is 11.5 Å². The van der Waals surface area contributed by atoms with Gasteiger partial charge >= 0.3 is 0 Å². The van der Waals surface area contributed by atoms with E-state index in [1.165, 1.54) is 16.4 Å². The van der Waals surface area contributed by atoms with Crippen molar-refractivity contribution in [1.29, 1.82) is 0 Å². The average molecular weight is 392 g/mol. The molecule has 8 heteroatoms. The highest BCUT2D eigenvalue weighted by Crippen LogP contribution is 2.19. The van der Waals surface area contributed by atoms with Gasteiger partial charge in [-0.2, -0.15) is 4.31 Å². The van der Waals surface area contributed by atoms with Crippen LogP contribution in [0.2, 0.25) is 0 Å². The Kier molecular flexibility index (Phi) is 7.20. The van der Waals surface area contributed by atoms with Crippen molar-refractivity contribution in [2.24, 2.45) is 0 Å². The molecule has 0 bridgehead atoms. The summed E-state index contributed by atoms with van der Waals surface area (Å²) in [5.74, 6) is 0.906. The van der Waals surface area contributed by atoms with Crippen LogP contribution >= 0.6 is 0 Å². The van der Waals surface area contributed by atoms with Gasteiger partial charge in [0, 0.05) is 18.8 Å². The molecule has 1 amide bonds. The molecule has 0 fully saturated rings. The first-order chi connectivity index (χ1) is 12.9. The van der Waals surface area contributed by atoms with Crippen molar-refractivity contribution in [3.05, 3.63) is 48.5 Å². The van der Waals surface area contributed by atoms with Gasteiger partial charge in [0.05, 0.1) is 12.0 Å². The molecule has 0 spiro atoms. The number of amides is 1. The van der Waals surface area contributed by atoms with Gasteiger partial charge in [-0.15, -0.1) is 0 Å². The largest absolute Gasteiger partial charge is 0.497 e. The second-order valence-electron chi connectivity index (χ2n) is 5.63. The number of benzene rings is 2. The molecule has 2 aromatic rings. The summed E-state index contributed by atoms with van der Waals surface area (Å²) < 4.78 is 36.7. The number of nitrogens with one attached hydrogen (secondary N) is 1. The molecular weight excluding hydrogens is 368 g/mol. The lowest BCUT2D eigenvalue weighted by Crippen LogP contribution is -2.30. The maximum absolute atomic E-state index is 12.4. The number of ether oxygens (including phenoxy) is 2. The van der Waals surface area contributed by atoms with Crippen LogP contribution in [0.25, 0.3) is 0 Å². The highest BCUT2D eigenvalue weighted by Gasteiger charge is 2.21. The van der Waals surface area contributed by atoms with Crippen molar-refractivity contribution >= 4 is 21.6 Å². The quantitative estimate of drug-likeness (QED) is 0.709. The number of hydrogen-bond donors (Lipinski definition) is 1. The van der Waals surface area contributed by atoms with Crippen LogP contribution in [0.15, 0.2) is 53.4 Å². The number of carbonyl (C=O) groups excluding carboxylic acids is 1. The molecule has 0 unspecified atom stereocenters. The van der Waals surface area contributed by atoms with Gasteiger partial charge in [-0.25, -0.2) is 8.42 Å². The lowest BCUT2D eigenvalue weighted by molar-refractivity contribution is -0.118. The van der Waals surface area contributed by atoms with E-state index in [4.69, 9.17) is 9.47 Å². The minimum atomic E-state index is -3.51. The van der Waals surface area contributed by atoms with Crippen LogP contribution in [-0.2, 0) is 14.8 Å². The summed E-state index contributed by atoms with van der Waals surface area (Å²) in [7, 11) is -1.94. The van der Waals surface area contributed by atoms with Crippen LogP contribution in [0.5, 0.6) is 11.5 Å². The molecule has 146 valence electrons. The lowest BCUT2D eigenvalue weighted by Gasteiger charge is -2.18. The van der Waals surface area contributed by atoms with Crippen LogP contribution < -0.4 is 14.8 Å². The predicted molar refractivity (Wildman–Crippen MR) is 104 cm³/mol. The molecule has 0 saturated carbocycles. The van der Waals surface area contributed by atoms with E-state index in [1.807, 2.05) is 0 Å². The summed E-state index contributed by atoms with van der Waals surface area (Å²) in [5.41, 5.74) is 0.497. The molecule has 27 heavy (non-hydrogen) atoms. The highest BCUT2D eigenvalue weighted by atomic mass is 32.2. The minimum Gasteiger partial charge on any atom is -0.497 e. The zero-order valence-corrected chi connectivity index (χ0v) is 16.5. The number of nitrogens with zero attached hydrogens (tertiary/aromatic N) is 1. The Hall–Kier alpha value is -2.58. The summed E-state index contributed by atoms with van der Waals surface area (Å²) in [4.78, 5) is 12.2. The Labute approximate surface area is 160 Å². The summed E-state index contributed by atoms with van der Waals surface area (Å²) in [6.45, 7) is 4.22. The zero-order valence-electron chi connectivity index (χ0n) is 15.6. The standard InChI is InChI=1S/C19H24N2O5S/c1-4-21(5-2)27(23,24)18-12-6-15(7-13-18)20-19(22)14-26-17-10-8-16(25-3)9-11-17/h6-13H,4-5,14H2,1-3H3,(H,20,22). The number of methoxy groups -OCH3 is 1. The number of rotatable bonds is 9. The van der Waals surface area contributed by atoms with Gasteiger partial charge in [0.15, 0.2) is 6.61 Å². The molecule has 2 aromatic carbocycles. The minimum absolute atomic E-state index is 0.161. The van der Waals surface area contributed by atoms with Crippen LogP contribution in [-0.4, -0.2) is 45.4 Å². The molecule has 0 aromatic heterocycles. The second kappa shape index (κ2) is 9.38. The second-order valence-corrected chi connectivity index (χ2v) is 7.56. The molecule has 0 saturated heterocycles. The summed E-state index contributed by atoms with van der Waals surface area (Å²) in [5, 5.41) is 2.67. The van der Waals surface area contributed by atoms with Gasteiger partial charge in [0.2, 0.25) is 10.0 Å². The van der Waals surface area contributed by atoms with Crippen molar-refractivity contribution in [2.45, 2.75) is 18.7 Å². The lowest BCUT2D eigenvalue weighted by atomic mass is 10.3. The van der Waals surface area contributed by atoms with E-state index < -0.39 is 10.0 Å². The van der Waals surface area contributed by atoms with E-state index in [0.717, 1.165) is 0 Å². The van der Waals surface area contributed by atoms with Crippen LogP contribution in [0.4, 0.5) is 5.69 Å². The van der Waals surface area contributed by atoms with Gasteiger partial charge in [-0.05, 0) is 48.5 Å². The Bertz CT molecular complexity index is 845. The van der Waals surface area contributed by atoms with Crippen LogP contribution in [0.3, 0.4) is 0 Å². The van der Waals surface area contributed by atoms with E-state index in [-0.39, 0.29) is 17.4 Å². The first-order valence-corrected chi connectivity index (χ1v) is 10.0. The summed E-state index contributed by atoms with van der Waals surface area (Å²) in [6.07, 6.45) is 0. The Morgan fingerprint density at radius 3 is 2.04 bits per heavy atom. The van der Waals surface area contributed by atoms with Gasteiger partial charge in [0.25, 0.3) is 5.91 Å². The Morgan fingerprint density at radius 1 is 0.963 bits per heavy atom. The van der Waals surface area contributed by atoms with Gasteiger partial charge < -0.3 is 14.8 Å². The molecule has 0 radical (unpaired) electrons. The SMILES string of the molecule is CCN(CC)S(=O)(=O)c1ccc(NC(=O)COc2ccc(OC)cc2)cc1. The maximum atomic E-state index is 12.4. The van der Waals surface area contributed by atoms with E-state index >= 15 is 0 Å². The highest BCUT2D eigenvalue weighted by molar-refractivity contribution is 7.89. The maximum Gasteiger partial charge on any atom is 0.262 e. The third-order valence-electron chi connectivity index (χ3n) is 3.91.